The summed E-state index contributed by atoms with van der Waals surface area (Å²) in [5.41, 5.74) is 5.60. The molecule has 1 fully saturated rings. The molecule has 0 amide bonds. The van der Waals surface area contributed by atoms with E-state index >= 15 is 0 Å². The highest BCUT2D eigenvalue weighted by Gasteiger charge is 2.17. The fourth-order valence-electron chi connectivity index (χ4n) is 1.81. The minimum atomic E-state index is 0.674. The second kappa shape index (κ2) is 3.54. The van der Waals surface area contributed by atoms with Gasteiger partial charge in [0.1, 0.15) is 5.00 Å². The number of piperidine rings is 1. The molecule has 2 heterocycles. The summed E-state index contributed by atoms with van der Waals surface area (Å²) in [6, 6.07) is 0. The van der Waals surface area contributed by atoms with Crippen molar-refractivity contribution in [2.45, 2.75) is 19.8 Å². The van der Waals surface area contributed by atoms with Crippen molar-refractivity contribution < 1.29 is 0 Å². The fraction of sp³-hybridized carbons (Fsp3) is 0.667. The van der Waals surface area contributed by atoms with Gasteiger partial charge in [0, 0.05) is 13.1 Å². The van der Waals surface area contributed by atoms with Crippen molar-refractivity contribution in [3.05, 3.63) is 6.20 Å². The van der Waals surface area contributed by atoms with Gasteiger partial charge >= 0.3 is 0 Å². The minimum Gasteiger partial charge on any atom is -0.375 e. The molecular weight excluding hydrogens is 182 g/mol. The molecule has 1 unspecified atom stereocenters. The molecule has 2 N–H and O–H groups in total. The Morgan fingerprint density at radius 2 is 2.54 bits per heavy atom. The molecule has 0 aliphatic carbocycles. The largest absolute Gasteiger partial charge is 0.375 e. The first kappa shape index (κ1) is 8.81. The van der Waals surface area contributed by atoms with Gasteiger partial charge in [-0.15, -0.1) is 0 Å². The Balaban J connectivity index is 2.08. The molecule has 1 saturated heterocycles. The van der Waals surface area contributed by atoms with E-state index < -0.39 is 0 Å². The lowest BCUT2D eigenvalue weighted by Crippen LogP contribution is -2.33. The summed E-state index contributed by atoms with van der Waals surface area (Å²) in [6.45, 7) is 4.62. The van der Waals surface area contributed by atoms with Gasteiger partial charge < -0.3 is 10.6 Å². The molecule has 2 rings (SSSR count). The van der Waals surface area contributed by atoms with Crippen LogP contribution in [0.1, 0.15) is 19.8 Å². The van der Waals surface area contributed by atoms with Crippen molar-refractivity contribution in [3.63, 3.8) is 0 Å². The summed E-state index contributed by atoms with van der Waals surface area (Å²) in [7, 11) is 0. The number of hydrogen-bond acceptors (Lipinski definition) is 4. The van der Waals surface area contributed by atoms with Gasteiger partial charge in [-0.3, -0.25) is 0 Å². The van der Waals surface area contributed by atoms with Gasteiger partial charge in [0.25, 0.3) is 0 Å². The van der Waals surface area contributed by atoms with Crippen LogP contribution in [0.15, 0.2) is 6.20 Å². The highest BCUT2D eigenvalue weighted by atomic mass is 32.1. The zero-order chi connectivity index (χ0) is 9.26. The molecule has 3 nitrogen and oxygen atoms in total. The molecule has 13 heavy (non-hydrogen) atoms. The Labute approximate surface area is 82.6 Å². The maximum atomic E-state index is 5.60. The van der Waals surface area contributed by atoms with Crippen LogP contribution < -0.4 is 10.6 Å². The number of nitrogens with two attached hydrogens (primary N) is 1. The van der Waals surface area contributed by atoms with Gasteiger partial charge in [0.2, 0.25) is 0 Å². The number of nitrogens with zero attached hydrogens (tertiary/aromatic N) is 2. The van der Waals surface area contributed by atoms with Crippen molar-refractivity contribution in [1.82, 2.24) is 4.98 Å². The van der Waals surface area contributed by atoms with E-state index in [1.165, 1.54) is 17.8 Å². The molecule has 4 heteroatoms. The van der Waals surface area contributed by atoms with E-state index in [1.54, 1.807) is 11.3 Å². The first-order chi connectivity index (χ1) is 6.25. The second-order valence-corrected chi connectivity index (χ2v) is 4.77. The highest BCUT2D eigenvalue weighted by Crippen LogP contribution is 2.28. The van der Waals surface area contributed by atoms with E-state index in [9.17, 15) is 0 Å². The maximum Gasteiger partial charge on any atom is 0.181 e. The van der Waals surface area contributed by atoms with Crippen molar-refractivity contribution >= 4 is 21.5 Å². The normalized spacial score (nSPS) is 23.5. The van der Waals surface area contributed by atoms with Crippen LogP contribution >= 0.6 is 11.3 Å². The molecule has 0 aromatic carbocycles. The third-order valence-corrected chi connectivity index (χ3v) is 3.37. The lowest BCUT2D eigenvalue weighted by Gasteiger charge is -2.31. The van der Waals surface area contributed by atoms with Crippen molar-refractivity contribution in [3.8, 4) is 0 Å². The number of nitrogen functional groups attached to an aromatic ring is 1. The van der Waals surface area contributed by atoms with Crippen LogP contribution in [0.25, 0.3) is 0 Å². The SMILES string of the molecule is CC1CCCN(c2cnc(N)s2)C1. The Hall–Kier alpha value is -0.770. The van der Waals surface area contributed by atoms with Crippen LogP contribution in [0.4, 0.5) is 10.1 Å². The topological polar surface area (TPSA) is 42.2 Å². The Morgan fingerprint density at radius 1 is 1.69 bits per heavy atom. The number of hydrogen-bond donors (Lipinski definition) is 1. The van der Waals surface area contributed by atoms with Gasteiger partial charge in [-0.25, -0.2) is 4.98 Å². The van der Waals surface area contributed by atoms with Crippen LogP contribution in [0.5, 0.6) is 0 Å². The van der Waals surface area contributed by atoms with Crippen molar-refractivity contribution in [1.29, 1.82) is 0 Å². The molecule has 1 aliphatic rings. The number of aromatic nitrogens is 1. The zero-order valence-electron chi connectivity index (χ0n) is 7.86. The van der Waals surface area contributed by atoms with E-state index in [2.05, 4.69) is 16.8 Å². The summed E-state index contributed by atoms with van der Waals surface area (Å²) in [5.74, 6) is 0.803. The standard InChI is InChI=1S/C9H15N3S/c1-7-3-2-4-12(6-7)8-5-11-9(10)13-8/h5,7H,2-4,6H2,1H3,(H2,10,11). The first-order valence-corrected chi connectivity index (χ1v) is 5.53. The van der Waals surface area contributed by atoms with E-state index in [0.717, 1.165) is 19.0 Å². The molecule has 72 valence electrons. The molecule has 0 spiro atoms. The lowest BCUT2D eigenvalue weighted by atomic mass is 10.0. The molecular formula is C9H15N3S. The smallest absolute Gasteiger partial charge is 0.181 e. The quantitative estimate of drug-likeness (QED) is 0.748. The van der Waals surface area contributed by atoms with Crippen LogP contribution in [-0.2, 0) is 0 Å². The van der Waals surface area contributed by atoms with Crippen molar-refractivity contribution in [2.24, 2.45) is 5.92 Å². The molecule has 0 radical (unpaired) electrons. The van der Waals surface area contributed by atoms with Gasteiger partial charge in [0.15, 0.2) is 5.13 Å². The van der Waals surface area contributed by atoms with Gasteiger partial charge in [-0.1, -0.05) is 18.3 Å². The monoisotopic (exact) mass is 197 g/mol. The van der Waals surface area contributed by atoms with Crippen molar-refractivity contribution in [2.75, 3.05) is 23.7 Å². The predicted octanol–water partition coefficient (Wildman–Crippen LogP) is 1.96. The minimum absolute atomic E-state index is 0.674. The summed E-state index contributed by atoms with van der Waals surface area (Å²) in [5, 5.41) is 1.90. The number of thiazole rings is 1. The number of rotatable bonds is 1. The average Bonchev–Trinajstić information content (AvgIpc) is 2.52. The summed E-state index contributed by atoms with van der Waals surface area (Å²) >= 11 is 1.59. The van der Waals surface area contributed by atoms with Crippen LogP contribution in [-0.4, -0.2) is 18.1 Å². The van der Waals surface area contributed by atoms with Crippen LogP contribution in [0.2, 0.25) is 0 Å². The Kier molecular flexibility index (Phi) is 2.40. The zero-order valence-corrected chi connectivity index (χ0v) is 8.68. The molecule has 1 aromatic heterocycles. The maximum absolute atomic E-state index is 5.60. The van der Waals surface area contributed by atoms with E-state index in [4.69, 9.17) is 5.73 Å². The fourth-order valence-corrected chi connectivity index (χ4v) is 2.53. The van der Waals surface area contributed by atoms with Crippen LogP contribution in [0.3, 0.4) is 0 Å². The molecule has 1 aliphatic heterocycles. The Bertz CT molecular complexity index is 284. The molecule has 1 aromatic rings. The molecule has 0 saturated carbocycles. The van der Waals surface area contributed by atoms with Gasteiger partial charge in [-0.05, 0) is 18.8 Å². The lowest BCUT2D eigenvalue weighted by molar-refractivity contribution is 0.448. The number of anilines is 2. The first-order valence-electron chi connectivity index (χ1n) is 4.72. The third-order valence-electron chi connectivity index (χ3n) is 2.48. The summed E-state index contributed by atoms with van der Waals surface area (Å²) in [6.07, 6.45) is 4.53. The van der Waals surface area contributed by atoms with E-state index in [1.807, 2.05) is 6.20 Å². The Morgan fingerprint density at radius 3 is 3.15 bits per heavy atom. The highest BCUT2D eigenvalue weighted by molar-refractivity contribution is 7.19. The predicted molar refractivity (Wildman–Crippen MR) is 57.1 cm³/mol. The summed E-state index contributed by atoms with van der Waals surface area (Å²) in [4.78, 5) is 6.46. The second-order valence-electron chi connectivity index (χ2n) is 3.73. The van der Waals surface area contributed by atoms with Gasteiger partial charge in [0.05, 0.1) is 6.20 Å². The summed E-state index contributed by atoms with van der Waals surface area (Å²) < 4.78 is 0. The molecule has 1 atom stereocenters. The van der Waals surface area contributed by atoms with Crippen LogP contribution in [0, 0.1) is 5.92 Å². The van der Waals surface area contributed by atoms with E-state index in [0.29, 0.717) is 5.13 Å². The van der Waals surface area contributed by atoms with Gasteiger partial charge in [-0.2, -0.15) is 0 Å². The third kappa shape index (κ3) is 1.94. The van der Waals surface area contributed by atoms with E-state index in [-0.39, 0.29) is 0 Å². The average molecular weight is 197 g/mol. The molecule has 0 bridgehead atoms.